The lowest BCUT2D eigenvalue weighted by Crippen LogP contribution is -2.50. The van der Waals surface area contributed by atoms with Crippen LogP contribution in [0.5, 0.6) is 0 Å². The first kappa shape index (κ1) is 12.4. The maximum Gasteiger partial charge on any atom is 0.227 e. The predicted molar refractivity (Wildman–Crippen MR) is 68.7 cm³/mol. The highest BCUT2D eigenvalue weighted by atomic mass is 16.3. The van der Waals surface area contributed by atoms with Crippen LogP contribution < -0.4 is 5.73 Å². The second kappa shape index (κ2) is 4.49. The molecule has 0 aromatic heterocycles. The standard InChI is InChI=1S/C14H24N2O2/c1-8-4-5-16(11(8)7-17)14(18)12-9-2-3-10(6-9)13(12)15/h8-13,17H,2-7,15H2,1H3. The second-order valence-electron chi connectivity index (χ2n) is 6.48. The lowest BCUT2D eigenvalue weighted by molar-refractivity contribution is -0.139. The summed E-state index contributed by atoms with van der Waals surface area (Å²) in [5.41, 5.74) is 6.24. The number of carbonyl (C=O) groups is 1. The van der Waals surface area contributed by atoms with Gasteiger partial charge in [0.05, 0.1) is 18.6 Å². The van der Waals surface area contributed by atoms with Gasteiger partial charge in [-0.3, -0.25) is 4.79 Å². The molecule has 2 aliphatic carbocycles. The molecule has 4 heteroatoms. The molecule has 102 valence electrons. The number of amides is 1. The molecule has 1 saturated heterocycles. The third kappa shape index (κ3) is 1.69. The van der Waals surface area contributed by atoms with E-state index in [1.54, 1.807) is 0 Å². The minimum Gasteiger partial charge on any atom is -0.394 e. The summed E-state index contributed by atoms with van der Waals surface area (Å²) in [6, 6.07) is 0.0790. The third-order valence-electron chi connectivity index (χ3n) is 5.62. The molecule has 4 nitrogen and oxygen atoms in total. The number of fused-ring (bicyclic) bond motifs is 2. The Labute approximate surface area is 109 Å². The van der Waals surface area contributed by atoms with Gasteiger partial charge in [0, 0.05) is 12.6 Å². The van der Waals surface area contributed by atoms with Gasteiger partial charge in [0.2, 0.25) is 5.91 Å². The normalized spacial score (nSPS) is 46.9. The fraction of sp³-hybridized carbons (Fsp3) is 0.929. The van der Waals surface area contributed by atoms with E-state index in [2.05, 4.69) is 6.92 Å². The zero-order valence-corrected chi connectivity index (χ0v) is 11.1. The van der Waals surface area contributed by atoms with E-state index in [-0.39, 0.29) is 30.5 Å². The maximum atomic E-state index is 12.7. The number of nitrogens with two attached hydrogens (primary N) is 1. The van der Waals surface area contributed by atoms with Gasteiger partial charge in [-0.05, 0) is 43.4 Å². The molecule has 1 aliphatic heterocycles. The van der Waals surface area contributed by atoms with Gasteiger partial charge >= 0.3 is 0 Å². The number of aliphatic hydroxyl groups is 1. The zero-order valence-electron chi connectivity index (χ0n) is 11.1. The Morgan fingerprint density at radius 2 is 2.06 bits per heavy atom. The molecule has 3 aliphatic rings. The molecular weight excluding hydrogens is 228 g/mol. The van der Waals surface area contributed by atoms with Gasteiger partial charge in [-0.2, -0.15) is 0 Å². The van der Waals surface area contributed by atoms with Crippen molar-refractivity contribution in [1.82, 2.24) is 4.90 Å². The molecule has 1 heterocycles. The van der Waals surface area contributed by atoms with Crippen LogP contribution in [-0.2, 0) is 4.79 Å². The van der Waals surface area contributed by atoms with Crippen LogP contribution in [0.15, 0.2) is 0 Å². The van der Waals surface area contributed by atoms with Crippen molar-refractivity contribution in [2.24, 2.45) is 29.4 Å². The Morgan fingerprint density at radius 3 is 2.67 bits per heavy atom. The summed E-state index contributed by atoms with van der Waals surface area (Å²) in [5, 5.41) is 9.47. The smallest absolute Gasteiger partial charge is 0.227 e. The highest BCUT2D eigenvalue weighted by Crippen LogP contribution is 2.48. The van der Waals surface area contributed by atoms with E-state index in [4.69, 9.17) is 5.73 Å². The van der Waals surface area contributed by atoms with E-state index in [9.17, 15) is 9.90 Å². The number of carbonyl (C=O) groups excluding carboxylic acids is 1. The molecule has 0 radical (unpaired) electrons. The minimum atomic E-state index is 0.0174. The van der Waals surface area contributed by atoms with Gasteiger partial charge in [0.15, 0.2) is 0 Å². The Hall–Kier alpha value is -0.610. The SMILES string of the molecule is CC1CCN(C(=O)C2C3CCC(C3)C2N)C1CO. The van der Waals surface area contributed by atoms with Crippen LogP contribution in [0.2, 0.25) is 0 Å². The molecule has 18 heavy (non-hydrogen) atoms. The van der Waals surface area contributed by atoms with Gasteiger partial charge in [0.1, 0.15) is 0 Å². The van der Waals surface area contributed by atoms with Gasteiger partial charge < -0.3 is 15.7 Å². The molecule has 3 fully saturated rings. The molecule has 2 bridgehead atoms. The minimum absolute atomic E-state index is 0.0174. The first-order chi connectivity index (χ1) is 8.63. The highest BCUT2D eigenvalue weighted by molar-refractivity contribution is 5.81. The van der Waals surface area contributed by atoms with E-state index >= 15 is 0 Å². The number of hydrogen-bond donors (Lipinski definition) is 2. The molecule has 1 amide bonds. The summed E-state index contributed by atoms with van der Waals surface area (Å²) in [5.74, 6) is 1.74. The van der Waals surface area contributed by atoms with Gasteiger partial charge in [-0.15, -0.1) is 0 Å². The van der Waals surface area contributed by atoms with Crippen molar-refractivity contribution in [2.45, 2.75) is 44.7 Å². The number of aliphatic hydroxyl groups excluding tert-OH is 1. The summed E-state index contributed by atoms with van der Waals surface area (Å²) in [4.78, 5) is 14.6. The first-order valence-corrected chi connectivity index (χ1v) is 7.30. The Balaban J connectivity index is 1.75. The van der Waals surface area contributed by atoms with Crippen molar-refractivity contribution >= 4 is 5.91 Å². The number of hydrogen-bond acceptors (Lipinski definition) is 3. The third-order valence-corrected chi connectivity index (χ3v) is 5.62. The summed E-state index contributed by atoms with van der Waals surface area (Å²) < 4.78 is 0. The molecule has 3 rings (SSSR count). The fourth-order valence-corrected chi connectivity index (χ4v) is 4.45. The molecule has 6 unspecified atom stereocenters. The predicted octanol–water partition coefficient (Wildman–Crippen LogP) is 0.589. The van der Waals surface area contributed by atoms with Crippen molar-refractivity contribution in [2.75, 3.05) is 13.2 Å². The molecule has 0 aromatic rings. The summed E-state index contributed by atoms with van der Waals surface area (Å²) in [7, 11) is 0. The van der Waals surface area contributed by atoms with Gasteiger partial charge in [-0.25, -0.2) is 0 Å². The quantitative estimate of drug-likeness (QED) is 0.756. The van der Waals surface area contributed by atoms with E-state index in [0.29, 0.717) is 17.8 Å². The van der Waals surface area contributed by atoms with Gasteiger partial charge in [-0.1, -0.05) is 6.92 Å². The van der Waals surface area contributed by atoms with Crippen molar-refractivity contribution in [3.8, 4) is 0 Å². The average Bonchev–Trinajstić information content (AvgIpc) is 3.02. The summed E-state index contributed by atoms with van der Waals surface area (Å²) in [6.45, 7) is 3.00. The molecule has 6 atom stereocenters. The number of nitrogens with zero attached hydrogens (tertiary/aromatic N) is 1. The molecule has 2 saturated carbocycles. The topological polar surface area (TPSA) is 66.6 Å². The van der Waals surface area contributed by atoms with Crippen LogP contribution in [-0.4, -0.2) is 41.1 Å². The highest BCUT2D eigenvalue weighted by Gasteiger charge is 2.51. The van der Waals surface area contributed by atoms with Crippen LogP contribution in [0.25, 0.3) is 0 Å². The molecule has 0 spiro atoms. The van der Waals surface area contributed by atoms with Crippen LogP contribution >= 0.6 is 0 Å². The maximum absolute atomic E-state index is 12.7. The van der Waals surface area contributed by atoms with Crippen LogP contribution in [0.1, 0.15) is 32.6 Å². The van der Waals surface area contributed by atoms with E-state index in [1.807, 2.05) is 4.90 Å². The lowest BCUT2D eigenvalue weighted by Gasteiger charge is -2.33. The molecule has 3 N–H and O–H groups in total. The first-order valence-electron chi connectivity index (χ1n) is 7.30. The van der Waals surface area contributed by atoms with Crippen LogP contribution in [0.4, 0.5) is 0 Å². The number of likely N-dealkylation sites (tertiary alicyclic amines) is 1. The van der Waals surface area contributed by atoms with E-state index < -0.39 is 0 Å². The van der Waals surface area contributed by atoms with E-state index in [1.165, 1.54) is 12.8 Å². The second-order valence-corrected chi connectivity index (χ2v) is 6.48. The average molecular weight is 252 g/mol. The van der Waals surface area contributed by atoms with Crippen molar-refractivity contribution < 1.29 is 9.90 Å². The van der Waals surface area contributed by atoms with Crippen molar-refractivity contribution in [1.29, 1.82) is 0 Å². The van der Waals surface area contributed by atoms with Crippen molar-refractivity contribution in [3.05, 3.63) is 0 Å². The summed E-state index contributed by atoms with van der Waals surface area (Å²) in [6.07, 6.45) is 4.52. The van der Waals surface area contributed by atoms with Crippen LogP contribution in [0.3, 0.4) is 0 Å². The Kier molecular flexibility index (Phi) is 3.10. The lowest BCUT2D eigenvalue weighted by atomic mass is 9.84. The number of rotatable bonds is 2. The zero-order chi connectivity index (χ0) is 12.9. The molecular formula is C14H24N2O2. The molecule has 0 aromatic carbocycles. The van der Waals surface area contributed by atoms with Gasteiger partial charge in [0.25, 0.3) is 0 Å². The largest absolute Gasteiger partial charge is 0.394 e. The Morgan fingerprint density at radius 1 is 1.33 bits per heavy atom. The fourth-order valence-electron chi connectivity index (χ4n) is 4.45. The van der Waals surface area contributed by atoms with Crippen LogP contribution in [0, 0.1) is 23.7 Å². The summed E-state index contributed by atoms with van der Waals surface area (Å²) >= 11 is 0. The monoisotopic (exact) mass is 252 g/mol. The van der Waals surface area contributed by atoms with E-state index in [0.717, 1.165) is 19.4 Å². The van der Waals surface area contributed by atoms with Crippen molar-refractivity contribution in [3.63, 3.8) is 0 Å². The Bertz CT molecular complexity index is 345.